The molecule has 0 spiro atoms. The van der Waals surface area contributed by atoms with Gasteiger partial charge < -0.3 is 5.11 Å². The Bertz CT molecular complexity index is 1640. The van der Waals surface area contributed by atoms with Crippen molar-refractivity contribution in [1.82, 2.24) is 4.57 Å². The van der Waals surface area contributed by atoms with Gasteiger partial charge in [-0.25, -0.2) is 0 Å². The van der Waals surface area contributed by atoms with E-state index in [1.807, 2.05) is 0 Å². The smallest absolute Gasteiger partial charge is 0.417 e. The normalized spacial score (nSPS) is 18.4. The number of nitrogens with zero attached hydrogens (tertiary/aromatic N) is 2. The molecule has 2 aromatic carbocycles. The molecule has 0 saturated carbocycles. The molecule has 0 saturated heterocycles. The monoisotopic (exact) mass is 656 g/mol. The third-order valence-electron chi connectivity index (χ3n) is 7.63. The molecule has 0 bridgehead atoms. The van der Waals surface area contributed by atoms with Crippen LogP contribution in [-0.2, 0) is 5.41 Å². The van der Waals surface area contributed by atoms with Crippen molar-refractivity contribution in [3.63, 3.8) is 0 Å². The first-order valence-electron chi connectivity index (χ1n) is 13.0. The lowest BCUT2D eigenvalue weighted by atomic mass is 9.77. The zero-order valence-electron chi connectivity index (χ0n) is 24.3. The summed E-state index contributed by atoms with van der Waals surface area (Å²) in [6.45, 7) is 8.55. The van der Waals surface area contributed by atoms with Crippen LogP contribution in [0.1, 0.15) is 39.2 Å². The summed E-state index contributed by atoms with van der Waals surface area (Å²) >= 11 is 0. The molecule has 1 heterocycles. The van der Waals surface area contributed by atoms with E-state index < -0.39 is 58.4 Å². The van der Waals surface area contributed by atoms with Crippen LogP contribution in [0.25, 0.3) is 11.4 Å². The second-order valence-electron chi connectivity index (χ2n) is 11.1. The topological polar surface area (TPSA) is 31.9 Å². The summed E-state index contributed by atoms with van der Waals surface area (Å²) in [7, 11) is 0. The van der Waals surface area contributed by atoms with Crippen molar-refractivity contribution in [2.24, 2.45) is 0 Å². The minimum atomic E-state index is -6.73. The third-order valence-corrected chi connectivity index (χ3v) is 7.63. The molecule has 45 heavy (non-hydrogen) atoms. The SMILES string of the molecule is Cc1cc(C)c(-n2cc[n+](-c3c(C)cc(C)cc3C)c2C2(C(F)(F)F)C([O-])=C(C(F)(F)F)C(C(F)(F)F)=C2C(F)(F)F)c(C)c1. The molecule has 1 atom stereocenters. The maximum Gasteiger partial charge on any atom is 0.417 e. The molecule has 244 valence electrons. The second kappa shape index (κ2) is 10.3. The van der Waals surface area contributed by atoms with Gasteiger partial charge in [-0.15, -0.1) is 0 Å². The van der Waals surface area contributed by atoms with Crippen LogP contribution in [-0.4, -0.2) is 29.3 Å². The third kappa shape index (κ3) is 5.17. The minimum Gasteiger partial charge on any atom is -0.874 e. The van der Waals surface area contributed by atoms with Gasteiger partial charge >= 0.3 is 24.7 Å². The van der Waals surface area contributed by atoms with Crippen molar-refractivity contribution in [2.45, 2.75) is 71.7 Å². The van der Waals surface area contributed by atoms with E-state index in [0.717, 1.165) is 12.4 Å². The summed E-state index contributed by atoms with van der Waals surface area (Å²) in [4.78, 5) is 0. The molecule has 3 aromatic rings. The van der Waals surface area contributed by atoms with Gasteiger partial charge in [-0.3, -0.25) is 0 Å². The van der Waals surface area contributed by atoms with E-state index in [4.69, 9.17) is 0 Å². The molecule has 1 aromatic heterocycles. The lowest BCUT2D eigenvalue weighted by molar-refractivity contribution is -0.612. The Kier molecular flexibility index (Phi) is 7.78. The molecule has 1 aliphatic carbocycles. The molecule has 4 rings (SSSR count). The molecule has 1 aliphatic rings. The highest BCUT2D eigenvalue weighted by atomic mass is 19.4. The van der Waals surface area contributed by atoms with Crippen molar-refractivity contribution in [1.29, 1.82) is 0 Å². The van der Waals surface area contributed by atoms with E-state index in [9.17, 15) is 44.6 Å². The average Bonchev–Trinajstić information content (AvgIpc) is 3.34. The van der Waals surface area contributed by atoms with Gasteiger partial charge in [-0.2, -0.15) is 61.8 Å². The average molecular weight is 657 g/mol. The van der Waals surface area contributed by atoms with E-state index in [1.165, 1.54) is 52.0 Å². The van der Waals surface area contributed by atoms with E-state index in [2.05, 4.69) is 0 Å². The molecule has 0 aliphatic heterocycles. The van der Waals surface area contributed by atoms with Crippen molar-refractivity contribution in [3.05, 3.63) is 98.3 Å². The number of hydrogen-bond acceptors (Lipinski definition) is 1. The summed E-state index contributed by atoms with van der Waals surface area (Å²) in [5.41, 5.74) is -15.5. The van der Waals surface area contributed by atoms with Crippen LogP contribution in [0.2, 0.25) is 0 Å². The Balaban J connectivity index is 2.46. The lowest BCUT2D eigenvalue weighted by Gasteiger charge is -2.38. The Hall–Kier alpha value is -3.91. The largest absolute Gasteiger partial charge is 0.874 e. The number of allylic oxidation sites excluding steroid dienone is 3. The van der Waals surface area contributed by atoms with Crippen LogP contribution in [0.15, 0.2) is 59.1 Å². The van der Waals surface area contributed by atoms with Crippen LogP contribution >= 0.6 is 0 Å². The molecule has 0 amide bonds. The Morgan fingerprint density at radius 3 is 1.42 bits per heavy atom. The zero-order valence-corrected chi connectivity index (χ0v) is 24.3. The molecule has 0 fully saturated rings. The number of aromatic nitrogens is 2. The molecule has 15 heteroatoms. The maximum absolute atomic E-state index is 15.5. The number of hydrogen-bond donors (Lipinski definition) is 0. The van der Waals surface area contributed by atoms with Crippen molar-refractivity contribution in [2.75, 3.05) is 0 Å². The standard InChI is InChI=1S/C30H24F12N2O/c1-13-9-15(3)21(16(4)10-13)43-7-8-44(22-17(5)11-14(2)12-18(22)6)25(43)26(30(40,41)42)23(29(37,38)39)19(27(31,32)33)20(24(26)45)28(34,35)36/h7-12H,1-6H3. The number of imidazole rings is 1. The quantitative estimate of drug-likeness (QED) is 0.208. The predicted molar refractivity (Wildman–Crippen MR) is 136 cm³/mol. The van der Waals surface area contributed by atoms with E-state index in [-0.39, 0.29) is 33.6 Å². The fourth-order valence-electron chi connectivity index (χ4n) is 6.46. The molecule has 3 nitrogen and oxygen atoms in total. The summed E-state index contributed by atoms with van der Waals surface area (Å²) in [6, 6.07) is 5.63. The van der Waals surface area contributed by atoms with E-state index >= 15 is 13.2 Å². The van der Waals surface area contributed by atoms with Gasteiger partial charge in [-0.1, -0.05) is 41.2 Å². The highest BCUT2D eigenvalue weighted by Crippen LogP contribution is 2.64. The predicted octanol–water partition coefficient (Wildman–Crippen LogP) is 8.02. The number of benzene rings is 2. The van der Waals surface area contributed by atoms with Gasteiger partial charge in [0.05, 0.1) is 16.7 Å². The number of alkyl halides is 12. The Labute approximate surface area is 248 Å². The summed E-state index contributed by atoms with van der Waals surface area (Å²) in [6.07, 6.45) is -25.1. The van der Waals surface area contributed by atoms with Crippen molar-refractivity contribution >= 4 is 0 Å². The fourth-order valence-corrected chi connectivity index (χ4v) is 6.46. The molecule has 0 radical (unpaired) electrons. The number of rotatable bonds is 3. The Morgan fingerprint density at radius 2 is 1.04 bits per heavy atom. The van der Waals surface area contributed by atoms with Gasteiger partial charge in [0.15, 0.2) is 0 Å². The first-order valence-corrected chi connectivity index (χ1v) is 13.0. The van der Waals surface area contributed by atoms with Gasteiger partial charge in [-0.05, 0) is 63.8 Å². The zero-order chi connectivity index (χ0) is 34.4. The van der Waals surface area contributed by atoms with Crippen LogP contribution in [0.5, 0.6) is 0 Å². The molecule has 0 N–H and O–H groups in total. The molecular weight excluding hydrogens is 632 g/mol. The minimum absolute atomic E-state index is 0.116. The molecule has 1 unspecified atom stereocenters. The van der Waals surface area contributed by atoms with Gasteiger partial charge in [0.2, 0.25) is 5.41 Å². The van der Waals surface area contributed by atoms with Crippen LogP contribution in [0, 0.1) is 41.5 Å². The first kappa shape index (κ1) is 34.0. The van der Waals surface area contributed by atoms with Gasteiger partial charge in [0.25, 0.3) is 5.82 Å². The summed E-state index contributed by atoms with van der Waals surface area (Å²) < 4.78 is 177. The highest BCUT2D eigenvalue weighted by Gasteiger charge is 2.77. The van der Waals surface area contributed by atoms with E-state index in [1.54, 1.807) is 13.8 Å². The van der Waals surface area contributed by atoms with Crippen molar-refractivity contribution in [3.8, 4) is 11.4 Å². The lowest BCUT2D eigenvalue weighted by Crippen LogP contribution is -2.58. The highest BCUT2D eigenvalue weighted by molar-refractivity contribution is 5.64. The molecular formula is C30H24F12N2O. The summed E-state index contributed by atoms with van der Waals surface area (Å²) in [5, 5.41) is 13.6. The van der Waals surface area contributed by atoms with Gasteiger partial charge in [0.1, 0.15) is 23.8 Å². The Morgan fingerprint density at radius 1 is 0.622 bits per heavy atom. The van der Waals surface area contributed by atoms with Crippen LogP contribution in [0.4, 0.5) is 52.7 Å². The fraction of sp³-hybridized carbons (Fsp3) is 0.367. The van der Waals surface area contributed by atoms with Crippen LogP contribution in [0.3, 0.4) is 0 Å². The number of aryl methyl sites for hydroxylation is 6. The van der Waals surface area contributed by atoms with Gasteiger partial charge in [0, 0.05) is 0 Å². The van der Waals surface area contributed by atoms with E-state index in [0.29, 0.717) is 20.3 Å². The second-order valence-corrected chi connectivity index (χ2v) is 11.1. The summed E-state index contributed by atoms with van der Waals surface area (Å²) in [5.74, 6) is -5.26. The first-order chi connectivity index (χ1) is 20.3. The number of halogens is 12. The maximum atomic E-state index is 15.5. The van der Waals surface area contributed by atoms with Crippen LogP contribution < -0.4 is 9.67 Å². The van der Waals surface area contributed by atoms with Crippen molar-refractivity contribution < 1.29 is 62.4 Å².